The lowest BCUT2D eigenvalue weighted by Gasteiger charge is -2.24. The summed E-state index contributed by atoms with van der Waals surface area (Å²) in [5.41, 5.74) is 5.78. The molecule has 2 aromatic heterocycles. The van der Waals surface area contributed by atoms with Crippen LogP contribution in [0.15, 0.2) is 97.6 Å². The molecule has 4 aromatic carbocycles. The molecule has 0 N–H and O–H groups in total. The van der Waals surface area contributed by atoms with E-state index in [1.165, 1.54) is 0 Å². The lowest BCUT2D eigenvalue weighted by Crippen LogP contribution is -2.02. The fourth-order valence-electron chi connectivity index (χ4n) is 5.29. The molecule has 6 rings (SSSR count). The minimum absolute atomic E-state index is 0.488. The quantitative estimate of drug-likeness (QED) is 0.193. The number of ether oxygens (including phenoxy) is 2. The van der Waals surface area contributed by atoms with Gasteiger partial charge in [0, 0.05) is 57.1 Å². The van der Waals surface area contributed by atoms with Crippen LogP contribution in [0.1, 0.15) is 13.8 Å². The molecule has 0 atom stereocenters. The number of benzene rings is 4. The van der Waals surface area contributed by atoms with Crippen molar-refractivity contribution in [3.8, 4) is 44.9 Å². The summed E-state index contributed by atoms with van der Waals surface area (Å²) < 4.78 is 13.0. The molecule has 0 aliphatic rings. The molecule has 0 saturated carbocycles. The molecule has 40 heavy (non-hydrogen) atoms. The zero-order valence-corrected chi connectivity index (χ0v) is 23.6. The summed E-state index contributed by atoms with van der Waals surface area (Å²) in [5.74, 6) is 1.54. The first-order valence-electron chi connectivity index (χ1n) is 13.2. The molecule has 0 aliphatic heterocycles. The van der Waals surface area contributed by atoms with Crippen LogP contribution in [-0.2, 0) is 0 Å². The molecular weight excluding hydrogens is 539 g/mol. The lowest BCUT2D eigenvalue weighted by molar-refractivity contribution is 0.338. The minimum atomic E-state index is 0.488. The van der Waals surface area contributed by atoms with Crippen LogP contribution in [-0.4, -0.2) is 23.2 Å². The number of hydrogen-bond donors (Lipinski definition) is 0. The Morgan fingerprint density at radius 2 is 0.950 bits per heavy atom. The van der Waals surface area contributed by atoms with Gasteiger partial charge in [0.1, 0.15) is 11.5 Å². The van der Waals surface area contributed by atoms with Gasteiger partial charge in [0.25, 0.3) is 0 Å². The molecule has 6 aromatic rings. The van der Waals surface area contributed by atoms with Crippen molar-refractivity contribution < 1.29 is 9.47 Å². The standard InChI is InChI=1S/C34H26Cl2N2O2/c1-3-39-33-29(21-9-13-37-14-10-21)19-23-17-25(35)5-7-27(23)31(33)32-28-8-6-26(36)18-24(28)20-30(34(32)40-4-2)22-11-15-38-16-12-22/h5-20H,3-4H2,1-2H3. The Balaban J connectivity index is 1.85. The fourth-order valence-corrected chi connectivity index (χ4v) is 5.66. The van der Waals surface area contributed by atoms with Crippen LogP contribution >= 0.6 is 23.2 Å². The van der Waals surface area contributed by atoms with Crippen molar-refractivity contribution in [1.82, 2.24) is 9.97 Å². The van der Waals surface area contributed by atoms with Gasteiger partial charge in [-0.3, -0.25) is 9.97 Å². The van der Waals surface area contributed by atoms with E-state index < -0.39 is 0 Å². The zero-order valence-electron chi connectivity index (χ0n) is 22.1. The van der Waals surface area contributed by atoms with Crippen molar-refractivity contribution in [3.63, 3.8) is 0 Å². The van der Waals surface area contributed by atoms with Crippen LogP contribution in [0.3, 0.4) is 0 Å². The van der Waals surface area contributed by atoms with Crippen molar-refractivity contribution >= 4 is 44.7 Å². The molecule has 0 radical (unpaired) electrons. The van der Waals surface area contributed by atoms with Gasteiger partial charge in [0.15, 0.2) is 0 Å². The fraction of sp³-hybridized carbons (Fsp3) is 0.118. The van der Waals surface area contributed by atoms with Crippen molar-refractivity contribution in [2.75, 3.05) is 13.2 Å². The van der Waals surface area contributed by atoms with Gasteiger partial charge in [-0.15, -0.1) is 0 Å². The van der Waals surface area contributed by atoms with Crippen LogP contribution in [0.2, 0.25) is 10.0 Å². The number of nitrogens with zero attached hydrogens (tertiary/aromatic N) is 2. The van der Waals surface area contributed by atoms with E-state index >= 15 is 0 Å². The number of pyridine rings is 2. The molecule has 4 nitrogen and oxygen atoms in total. The van der Waals surface area contributed by atoms with E-state index in [0.717, 1.165) is 66.4 Å². The number of hydrogen-bond acceptors (Lipinski definition) is 4. The molecule has 2 heterocycles. The smallest absolute Gasteiger partial charge is 0.135 e. The molecular formula is C34H26Cl2N2O2. The summed E-state index contributed by atoms with van der Waals surface area (Å²) in [6.07, 6.45) is 7.17. The summed E-state index contributed by atoms with van der Waals surface area (Å²) in [6.45, 7) is 4.98. The highest BCUT2D eigenvalue weighted by molar-refractivity contribution is 6.32. The Morgan fingerprint density at radius 3 is 1.32 bits per heavy atom. The molecule has 0 aliphatic carbocycles. The van der Waals surface area contributed by atoms with Gasteiger partial charge in [-0.05, 0) is 107 Å². The van der Waals surface area contributed by atoms with Gasteiger partial charge in [0.05, 0.1) is 13.2 Å². The minimum Gasteiger partial charge on any atom is -0.493 e. The van der Waals surface area contributed by atoms with Crippen molar-refractivity contribution in [2.45, 2.75) is 13.8 Å². The van der Waals surface area contributed by atoms with E-state index in [1.807, 2.05) is 62.4 Å². The molecule has 0 amide bonds. The van der Waals surface area contributed by atoms with Gasteiger partial charge in [-0.25, -0.2) is 0 Å². The predicted molar refractivity (Wildman–Crippen MR) is 166 cm³/mol. The van der Waals surface area contributed by atoms with Crippen molar-refractivity contribution in [1.29, 1.82) is 0 Å². The normalized spacial score (nSPS) is 11.2. The highest BCUT2D eigenvalue weighted by Gasteiger charge is 2.25. The Hall–Kier alpha value is -4.12. The molecule has 0 unspecified atom stereocenters. The summed E-state index contributed by atoms with van der Waals surface area (Å²) in [7, 11) is 0. The predicted octanol–water partition coefficient (Wildman–Crippen LogP) is 9.89. The number of fused-ring (bicyclic) bond motifs is 2. The number of rotatable bonds is 7. The van der Waals surface area contributed by atoms with Crippen molar-refractivity contribution in [2.24, 2.45) is 0 Å². The molecule has 6 heteroatoms. The third kappa shape index (κ3) is 4.74. The second-order valence-electron chi connectivity index (χ2n) is 9.33. The molecule has 0 fully saturated rings. The first-order valence-corrected chi connectivity index (χ1v) is 13.9. The Kier molecular flexibility index (Phi) is 7.29. The van der Waals surface area contributed by atoms with E-state index in [4.69, 9.17) is 32.7 Å². The summed E-state index contributed by atoms with van der Waals surface area (Å²) in [6, 6.07) is 24.2. The van der Waals surface area contributed by atoms with E-state index in [0.29, 0.717) is 23.3 Å². The summed E-state index contributed by atoms with van der Waals surface area (Å²) in [5, 5.41) is 5.34. The number of aromatic nitrogens is 2. The maximum absolute atomic E-state index is 6.53. The van der Waals surface area contributed by atoms with E-state index in [1.54, 1.807) is 24.8 Å². The van der Waals surface area contributed by atoms with E-state index in [2.05, 4.69) is 34.2 Å². The lowest BCUT2D eigenvalue weighted by atomic mass is 9.86. The highest BCUT2D eigenvalue weighted by atomic mass is 35.5. The summed E-state index contributed by atoms with van der Waals surface area (Å²) in [4.78, 5) is 8.47. The van der Waals surface area contributed by atoms with Gasteiger partial charge >= 0.3 is 0 Å². The zero-order chi connectivity index (χ0) is 27.6. The maximum Gasteiger partial charge on any atom is 0.135 e. The Morgan fingerprint density at radius 1 is 0.550 bits per heavy atom. The van der Waals surface area contributed by atoms with Gasteiger partial charge in [-0.2, -0.15) is 0 Å². The number of halogens is 2. The van der Waals surface area contributed by atoms with E-state index in [9.17, 15) is 0 Å². The maximum atomic E-state index is 6.53. The van der Waals surface area contributed by atoms with Crippen LogP contribution in [0.5, 0.6) is 11.5 Å². The monoisotopic (exact) mass is 564 g/mol. The second kappa shape index (κ2) is 11.2. The molecule has 0 bridgehead atoms. The van der Waals surface area contributed by atoms with E-state index in [-0.39, 0.29) is 0 Å². The molecule has 198 valence electrons. The molecule has 0 spiro atoms. The van der Waals surface area contributed by atoms with Crippen LogP contribution < -0.4 is 9.47 Å². The van der Waals surface area contributed by atoms with Gasteiger partial charge in [0.2, 0.25) is 0 Å². The second-order valence-corrected chi connectivity index (χ2v) is 10.2. The third-order valence-electron chi connectivity index (χ3n) is 6.92. The Labute approximate surface area is 243 Å². The average Bonchev–Trinajstić information content (AvgIpc) is 2.98. The third-order valence-corrected chi connectivity index (χ3v) is 7.39. The SMILES string of the molecule is CCOc1c(-c2ccncc2)cc2cc(Cl)ccc2c1-c1c(OCC)c(-c2ccncc2)cc2cc(Cl)ccc12. The first-order chi connectivity index (χ1) is 19.6. The molecule has 0 saturated heterocycles. The average molecular weight is 566 g/mol. The van der Waals surface area contributed by atoms with Crippen LogP contribution in [0.4, 0.5) is 0 Å². The highest BCUT2D eigenvalue weighted by Crippen LogP contribution is 2.52. The topological polar surface area (TPSA) is 44.2 Å². The first kappa shape index (κ1) is 26.1. The van der Waals surface area contributed by atoms with Crippen molar-refractivity contribution in [3.05, 3.63) is 108 Å². The largest absolute Gasteiger partial charge is 0.493 e. The van der Waals surface area contributed by atoms with Gasteiger partial charge < -0.3 is 9.47 Å². The Bertz CT molecular complexity index is 1700. The summed E-state index contributed by atoms with van der Waals surface area (Å²) >= 11 is 13.1. The van der Waals surface area contributed by atoms with Gasteiger partial charge in [-0.1, -0.05) is 35.3 Å². The van der Waals surface area contributed by atoms with Crippen LogP contribution in [0, 0.1) is 0 Å². The van der Waals surface area contributed by atoms with Crippen LogP contribution in [0.25, 0.3) is 54.9 Å².